The van der Waals surface area contributed by atoms with Crippen molar-refractivity contribution in [1.82, 2.24) is 9.13 Å². The summed E-state index contributed by atoms with van der Waals surface area (Å²) in [5, 5.41) is 0.508. The molecule has 2 N–H and O–H groups in total. The van der Waals surface area contributed by atoms with Crippen LogP contribution >= 0.6 is 11.6 Å². The lowest BCUT2D eigenvalue weighted by atomic mass is 10.2. The fourth-order valence-electron chi connectivity index (χ4n) is 1.69. The average molecular weight is 266 g/mol. The zero-order chi connectivity index (χ0) is 13.3. The summed E-state index contributed by atoms with van der Waals surface area (Å²) in [5.74, 6) is 0. The molecule has 18 heavy (non-hydrogen) atoms. The topological polar surface area (TPSA) is 70.0 Å². The van der Waals surface area contributed by atoms with Crippen molar-refractivity contribution in [2.45, 2.75) is 6.54 Å². The molecule has 5 nitrogen and oxygen atoms in total. The summed E-state index contributed by atoms with van der Waals surface area (Å²) in [6.07, 6.45) is 1.31. The Morgan fingerprint density at radius 3 is 2.61 bits per heavy atom. The monoisotopic (exact) mass is 265 g/mol. The minimum absolute atomic E-state index is 0.0316. The van der Waals surface area contributed by atoms with Crippen LogP contribution in [0.3, 0.4) is 0 Å². The van der Waals surface area contributed by atoms with Crippen LogP contribution in [-0.2, 0) is 13.6 Å². The summed E-state index contributed by atoms with van der Waals surface area (Å²) in [4.78, 5) is 23.7. The fourth-order valence-corrected chi connectivity index (χ4v) is 1.88. The third kappa shape index (κ3) is 2.17. The van der Waals surface area contributed by atoms with Crippen LogP contribution in [0.15, 0.2) is 40.1 Å². The van der Waals surface area contributed by atoms with Gasteiger partial charge in [0.25, 0.3) is 5.56 Å². The second-order valence-corrected chi connectivity index (χ2v) is 4.37. The van der Waals surface area contributed by atoms with E-state index in [0.717, 1.165) is 4.57 Å². The summed E-state index contributed by atoms with van der Waals surface area (Å²) in [5.41, 5.74) is 5.36. The van der Waals surface area contributed by atoms with Gasteiger partial charge in [-0.25, -0.2) is 4.79 Å². The van der Waals surface area contributed by atoms with Gasteiger partial charge in [0, 0.05) is 18.3 Å². The lowest BCUT2D eigenvalue weighted by Crippen LogP contribution is -2.40. The van der Waals surface area contributed by atoms with Gasteiger partial charge in [0.2, 0.25) is 0 Å². The Labute approximate surface area is 108 Å². The van der Waals surface area contributed by atoms with Crippen LogP contribution in [0.1, 0.15) is 5.56 Å². The Kier molecular flexibility index (Phi) is 3.25. The third-order valence-corrected chi connectivity index (χ3v) is 3.01. The van der Waals surface area contributed by atoms with Crippen LogP contribution in [-0.4, -0.2) is 9.13 Å². The molecule has 0 fully saturated rings. The van der Waals surface area contributed by atoms with Crippen molar-refractivity contribution >= 4 is 17.3 Å². The highest BCUT2D eigenvalue weighted by molar-refractivity contribution is 6.31. The first-order valence-electron chi connectivity index (χ1n) is 5.30. The number of hydrogen-bond acceptors (Lipinski definition) is 3. The zero-order valence-corrected chi connectivity index (χ0v) is 10.5. The molecule has 0 saturated carbocycles. The number of nitrogen functional groups attached to an aromatic ring is 1. The Morgan fingerprint density at radius 1 is 1.28 bits per heavy atom. The molecular formula is C12H12ClN3O2. The number of nitrogens with zero attached hydrogens (tertiary/aromatic N) is 2. The van der Waals surface area contributed by atoms with E-state index in [1.165, 1.54) is 10.8 Å². The van der Waals surface area contributed by atoms with E-state index in [-0.39, 0.29) is 12.2 Å². The van der Waals surface area contributed by atoms with Crippen LogP contribution in [0.25, 0.3) is 0 Å². The quantitative estimate of drug-likeness (QED) is 0.874. The average Bonchev–Trinajstić information content (AvgIpc) is 2.34. The number of nitrogens with two attached hydrogens (primary N) is 1. The first-order chi connectivity index (χ1) is 8.50. The number of benzene rings is 1. The molecule has 2 aromatic rings. The van der Waals surface area contributed by atoms with E-state index in [4.69, 9.17) is 17.3 Å². The summed E-state index contributed by atoms with van der Waals surface area (Å²) in [6, 6.07) is 7.05. The van der Waals surface area contributed by atoms with Crippen LogP contribution in [0, 0.1) is 0 Å². The standard InChI is InChI=1S/C12H12ClN3O2/c1-15-7-10(14)11(17)16(12(15)18)6-8-4-2-3-5-9(8)13/h2-5,7H,6,14H2,1H3. The van der Waals surface area contributed by atoms with E-state index in [9.17, 15) is 9.59 Å². The van der Waals surface area contributed by atoms with Crippen molar-refractivity contribution in [2.24, 2.45) is 7.05 Å². The van der Waals surface area contributed by atoms with Gasteiger partial charge in [0.1, 0.15) is 5.69 Å². The fraction of sp³-hybridized carbons (Fsp3) is 0.167. The molecular weight excluding hydrogens is 254 g/mol. The summed E-state index contributed by atoms with van der Waals surface area (Å²) in [7, 11) is 1.54. The lowest BCUT2D eigenvalue weighted by Gasteiger charge is -2.09. The van der Waals surface area contributed by atoms with Crippen LogP contribution < -0.4 is 17.0 Å². The molecule has 6 heteroatoms. The maximum atomic E-state index is 11.9. The Morgan fingerprint density at radius 2 is 1.94 bits per heavy atom. The molecule has 0 atom stereocenters. The zero-order valence-electron chi connectivity index (χ0n) is 9.76. The molecule has 0 bridgehead atoms. The summed E-state index contributed by atoms with van der Waals surface area (Å²) >= 11 is 6.00. The molecule has 2 rings (SSSR count). The Bertz CT molecular complexity index is 669. The van der Waals surface area contributed by atoms with Gasteiger partial charge in [-0.15, -0.1) is 0 Å². The molecule has 94 valence electrons. The second-order valence-electron chi connectivity index (χ2n) is 3.96. The van der Waals surface area contributed by atoms with E-state index in [1.807, 2.05) is 0 Å². The van der Waals surface area contributed by atoms with Crippen molar-refractivity contribution in [3.8, 4) is 0 Å². The highest BCUT2D eigenvalue weighted by Crippen LogP contribution is 2.14. The molecule has 1 aromatic heterocycles. The largest absolute Gasteiger partial charge is 0.393 e. The number of anilines is 1. The Hall–Kier alpha value is -2.01. The van der Waals surface area contributed by atoms with Gasteiger partial charge in [0.15, 0.2) is 0 Å². The Balaban J connectivity index is 2.57. The molecule has 0 radical (unpaired) electrons. The van der Waals surface area contributed by atoms with Crippen LogP contribution in [0.4, 0.5) is 5.69 Å². The number of aromatic nitrogens is 2. The molecule has 1 heterocycles. The van der Waals surface area contributed by atoms with Gasteiger partial charge in [-0.05, 0) is 11.6 Å². The van der Waals surface area contributed by atoms with E-state index in [0.29, 0.717) is 10.6 Å². The normalized spacial score (nSPS) is 10.6. The van der Waals surface area contributed by atoms with Gasteiger partial charge < -0.3 is 10.3 Å². The first kappa shape index (κ1) is 12.4. The van der Waals surface area contributed by atoms with Gasteiger partial charge >= 0.3 is 5.69 Å². The van der Waals surface area contributed by atoms with E-state index < -0.39 is 11.2 Å². The molecule has 0 aliphatic carbocycles. The number of hydrogen-bond donors (Lipinski definition) is 1. The molecule has 0 unspecified atom stereocenters. The van der Waals surface area contributed by atoms with E-state index in [2.05, 4.69) is 0 Å². The smallest absolute Gasteiger partial charge is 0.331 e. The maximum absolute atomic E-state index is 11.9. The van der Waals surface area contributed by atoms with Gasteiger partial charge in [0.05, 0.1) is 6.54 Å². The maximum Gasteiger partial charge on any atom is 0.331 e. The predicted molar refractivity (Wildman–Crippen MR) is 70.9 cm³/mol. The molecule has 0 spiro atoms. The predicted octanol–water partition coefficient (Wildman–Crippen LogP) is 0.831. The van der Waals surface area contributed by atoms with Crippen molar-refractivity contribution < 1.29 is 0 Å². The second kappa shape index (κ2) is 4.70. The molecule has 0 saturated heterocycles. The molecule has 0 aliphatic rings. The highest BCUT2D eigenvalue weighted by Gasteiger charge is 2.09. The highest BCUT2D eigenvalue weighted by atomic mass is 35.5. The summed E-state index contributed by atoms with van der Waals surface area (Å²) in [6.45, 7) is 0.107. The first-order valence-corrected chi connectivity index (χ1v) is 5.68. The van der Waals surface area contributed by atoms with Crippen molar-refractivity contribution in [2.75, 3.05) is 5.73 Å². The van der Waals surface area contributed by atoms with Gasteiger partial charge in [-0.3, -0.25) is 9.36 Å². The van der Waals surface area contributed by atoms with Gasteiger partial charge in [-0.1, -0.05) is 29.8 Å². The molecule has 1 aromatic carbocycles. The minimum Gasteiger partial charge on any atom is -0.393 e. The number of halogens is 1. The molecule has 0 amide bonds. The third-order valence-electron chi connectivity index (χ3n) is 2.64. The lowest BCUT2D eigenvalue weighted by molar-refractivity contribution is 0.643. The van der Waals surface area contributed by atoms with Crippen LogP contribution in [0.2, 0.25) is 5.02 Å². The van der Waals surface area contributed by atoms with Crippen LogP contribution in [0.5, 0.6) is 0 Å². The number of aryl methyl sites for hydroxylation is 1. The minimum atomic E-state index is -0.502. The van der Waals surface area contributed by atoms with Crippen molar-refractivity contribution in [3.05, 3.63) is 61.9 Å². The van der Waals surface area contributed by atoms with Crippen molar-refractivity contribution in [1.29, 1.82) is 0 Å². The SMILES string of the molecule is Cn1cc(N)c(=O)n(Cc2ccccc2Cl)c1=O. The number of rotatable bonds is 2. The van der Waals surface area contributed by atoms with Gasteiger partial charge in [-0.2, -0.15) is 0 Å². The van der Waals surface area contributed by atoms with E-state index in [1.54, 1.807) is 31.3 Å². The van der Waals surface area contributed by atoms with E-state index >= 15 is 0 Å². The van der Waals surface area contributed by atoms with Crippen molar-refractivity contribution in [3.63, 3.8) is 0 Å². The summed E-state index contributed by atoms with van der Waals surface area (Å²) < 4.78 is 2.34. The molecule has 0 aliphatic heterocycles.